The van der Waals surface area contributed by atoms with E-state index in [0.717, 1.165) is 0 Å². The van der Waals surface area contributed by atoms with Crippen molar-refractivity contribution in [3.8, 4) is 0 Å². The van der Waals surface area contributed by atoms with Gasteiger partial charge in [0.2, 0.25) is 5.91 Å². The molecule has 0 fully saturated rings. The average Bonchev–Trinajstić information content (AvgIpc) is 2.37. The minimum absolute atomic E-state index is 0.00477. The van der Waals surface area contributed by atoms with E-state index in [-0.39, 0.29) is 24.1 Å². The van der Waals surface area contributed by atoms with Crippen LogP contribution in [0.1, 0.15) is 10.5 Å². The number of aryl methyl sites for hydroxylation is 1. The number of hydrogen-bond acceptors (Lipinski definition) is 3. The molecule has 0 unspecified atom stereocenters. The lowest BCUT2D eigenvalue weighted by Crippen LogP contribution is -2.29. The first-order valence-corrected chi connectivity index (χ1v) is 3.78. The molecular weight excluding hydrogens is 172 g/mol. The van der Waals surface area contributed by atoms with Crippen LogP contribution in [0.25, 0.3) is 0 Å². The van der Waals surface area contributed by atoms with Crippen molar-refractivity contribution in [2.24, 2.45) is 7.05 Å². The van der Waals surface area contributed by atoms with E-state index in [2.05, 4.69) is 15.6 Å². The number of nitrogens with one attached hydrogen (secondary N) is 2. The molecule has 0 atom stereocenters. The average molecular weight is 180 g/mol. The second-order valence-corrected chi connectivity index (χ2v) is 2.78. The van der Waals surface area contributed by atoms with Crippen molar-refractivity contribution in [3.05, 3.63) is 12.0 Å². The van der Waals surface area contributed by atoms with Crippen LogP contribution in [0.15, 0.2) is 6.33 Å². The summed E-state index contributed by atoms with van der Waals surface area (Å²) in [6.45, 7) is -0.00477. The van der Waals surface area contributed by atoms with Crippen molar-refractivity contribution in [2.75, 3.05) is 11.9 Å². The lowest BCUT2D eigenvalue weighted by Gasteiger charge is -2.01. The van der Waals surface area contributed by atoms with E-state index in [4.69, 9.17) is 0 Å². The monoisotopic (exact) mass is 180 g/mol. The van der Waals surface area contributed by atoms with Gasteiger partial charge in [0.15, 0.2) is 5.69 Å². The molecule has 2 heterocycles. The Morgan fingerprint density at radius 1 is 1.54 bits per heavy atom. The number of amides is 2. The van der Waals surface area contributed by atoms with Gasteiger partial charge in [0.05, 0.1) is 12.9 Å². The molecule has 6 heteroatoms. The molecule has 0 spiro atoms. The molecule has 1 aromatic rings. The van der Waals surface area contributed by atoms with Gasteiger partial charge in [-0.15, -0.1) is 0 Å². The van der Waals surface area contributed by atoms with E-state index in [1.807, 2.05) is 0 Å². The van der Waals surface area contributed by atoms with Crippen molar-refractivity contribution in [1.82, 2.24) is 14.9 Å². The van der Waals surface area contributed by atoms with E-state index in [1.54, 1.807) is 11.6 Å². The Bertz CT molecular complexity index is 382. The maximum atomic E-state index is 11.3. The third kappa shape index (κ3) is 1.16. The Kier molecular flexibility index (Phi) is 1.54. The quantitative estimate of drug-likeness (QED) is 0.543. The zero-order valence-corrected chi connectivity index (χ0v) is 7.00. The van der Waals surface area contributed by atoms with Crippen LogP contribution >= 0.6 is 0 Å². The summed E-state index contributed by atoms with van der Waals surface area (Å²) in [5, 5.41) is 5.02. The van der Waals surface area contributed by atoms with Gasteiger partial charge in [-0.05, 0) is 0 Å². The summed E-state index contributed by atoms with van der Waals surface area (Å²) in [7, 11) is 1.71. The Balaban J connectivity index is 2.51. The van der Waals surface area contributed by atoms with Crippen LogP contribution in [0.3, 0.4) is 0 Å². The molecule has 1 aromatic heterocycles. The molecule has 2 rings (SSSR count). The number of fused-ring (bicyclic) bond motifs is 1. The lowest BCUT2D eigenvalue weighted by atomic mass is 10.4. The molecule has 2 N–H and O–H groups in total. The largest absolute Gasteiger partial charge is 0.341 e. The minimum atomic E-state index is -0.325. The molecule has 13 heavy (non-hydrogen) atoms. The van der Waals surface area contributed by atoms with Crippen LogP contribution in [0.4, 0.5) is 5.82 Å². The summed E-state index contributed by atoms with van der Waals surface area (Å²) < 4.78 is 1.60. The minimum Gasteiger partial charge on any atom is -0.341 e. The second kappa shape index (κ2) is 2.58. The van der Waals surface area contributed by atoms with Crippen LogP contribution in [-0.2, 0) is 11.8 Å². The van der Waals surface area contributed by atoms with Gasteiger partial charge in [0, 0.05) is 7.05 Å². The Morgan fingerprint density at radius 3 is 3.08 bits per heavy atom. The third-order valence-corrected chi connectivity index (χ3v) is 1.82. The van der Waals surface area contributed by atoms with Crippen LogP contribution in [0.5, 0.6) is 0 Å². The summed E-state index contributed by atoms with van der Waals surface area (Å²) in [5.74, 6) is -0.121. The van der Waals surface area contributed by atoms with Crippen LogP contribution in [0.2, 0.25) is 0 Å². The molecule has 0 aliphatic carbocycles. The molecule has 0 saturated carbocycles. The molecule has 2 amide bonds. The SMILES string of the molecule is Cn1cnc2c1NC(=O)CNC2=O. The Labute approximate surface area is 73.9 Å². The Morgan fingerprint density at radius 2 is 2.31 bits per heavy atom. The van der Waals surface area contributed by atoms with Crippen molar-refractivity contribution in [2.45, 2.75) is 0 Å². The van der Waals surface area contributed by atoms with E-state index >= 15 is 0 Å². The maximum absolute atomic E-state index is 11.3. The number of hydrogen-bond donors (Lipinski definition) is 2. The highest BCUT2D eigenvalue weighted by Gasteiger charge is 2.22. The first kappa shape index (κ1) is 7.78. The molecule has 0 saturated heterocycles. The number of carbonyl (C=O) groups excluding carboxylic acids is 2. The maximum Gasteiger partial charge on any atom is 0.274 e. The van der Waals surface area contributed by atoms with Crippen LogP contribution in [-0.4, -0.2) is 27.9 Å². The van der Waals surface area contributed by atoms with Crippen LogP contribution < -0.4 is 10.6 Å². The molecule has 0 bridgehead atoms. The second-order valence-electron chi connectivity index (χ2n) is 2.78. The number of nitrogens with zero attached hydrogens (tertiary/aromatic N) is 2. The number of rotatable bonds is 0. The van der Waals surface area contributed by atoms with Gasteiger partial charge < -0.3 is 15.2 Å². The molecular formula is C7H8N4O2. The summed E-state index contributed by atoms with van der Waals surface area (Å²) in [6.07, 6.45) is 1.48. The van der Waals surface area contributed by atoms with Gasteiger partial charge in [-0.25, -0.2) is 4.98 Å². The molecule has 6 nitrogen and oxygen atoms in total. The predicted octanol–water partition coefficient (Wildman–Crippen LogP) is -0.898. The number of carbonyl (C=O) groups is 2. The molecule has 1 aliphatic rings. The fourth-order valence-electron chi connectivity index (χ4n) is 1.16. The van der Waals surface area contributed by atoms with Gasteiger partial charge in [0.25, 0.3) is 5.91 Å². The highest BCUT2D eigenvalue weighted by atomic mass is 16.2. The van der Waals surface area contributed by atoms with E-state index in [1.165, 1.54) is 6.33 Å². The summed E-state index contributed by atoms with van der Waals surface area (Å²) in [5.41, 5.74) is 0.258. The number of imidazole rings is 1. The summed E-state index contributed by atoms with van der Waals surface area (Å²) >= 11 is 0. The molecule has 68 valence electrons. The standard InChI is InChI=1S/C7H8N4O2/c1-11-3-9-5-6(11)10-4(12)2-8-7(5)13/h3H,2H2,1H3,(H,8,13)(H,10,12). The van der Waals surface area contributed by atoms with Crippen molar-refractivity contribution >= 4 is 17.6 Å². The van der Waals surface area contributed by atoms with Crippen molar-refractivity contribution in [1.29, 1.82) is 0 Å². The smallest absolute Gasteiger partial charge is 0.274 e. The number of anilines is 1. The predicted molar refractivity (Wildman–Crippen MR) is 44.2 cm³/mol. The van der Waals surface area contributed by atoms with E-state index in [9.17, 15) is 9.59 Å². The van der Waals surface area contributed by atoms with Gasteiger partial charge in [0.1, 0.15) is 5.82 Å². The van der Waals surface area contributed by atoms with Gasteiger partial charge in [-0.3, -0.25) is 9.59 Å². The normalized spacial score (nSPS) is 15.8. The highest BCUT2D eigenvalue weighted by molar-refractivity contribution is 6.06. The Hall–Kier alpha value is -1.85. The van der Waals surface area contributed by atoms with Gasteiger partial charge in [-0.2, -0.15) is 0 Å². The fraction of sp³-hybridized carbons (Fsp3) is 0.286. The zero-order valence-electron chi connectivity index (χ0n) is 7.00. The van der Waals surface area contributed by atoms with E-state index in [0.29, 0.717) is 5.82 Å². The van der Waals surface area contributed by atoms with Gasteiger partial charge >= 0.3 is 0 Å². The third-order valence-electron chi connectivity index (χ3n) is 1.82. The van der Waals surface area contributed by atoms with Gasteiger partial charge in [-0.1, -0.05) is 0 Å². The fourth-order valence-corrected chi connectivity index (χ4v) is 1.16. The lowest BCUT2D eigenvalue weighted by molar-refractivity contribution is -0.115. The van der Waals surface area contributed by atoms with E-state index < -0.39 is 0 Å². The first-order valence-electron chi connectivity index (χ1n) is 3.78. The summed E-state index contributed by atoms with van der Waals surface area (Å²) in [6, 6.07) is 0. The molecule has 1 aliphatic heterocycles. The number of aromatic nitrogens is 2. The molecule has 0 aromatic carbocycles. The zero-order chi connectivity index (χ0) is 9.42. The van der Waals surface area contributed by atoms with Crippen molar-refractivity contribution < 1.29 is 9.59 Å². The highest BCUT2D eigenvalue weighted by Crippen LogP contribution is 2.14. The van der Waals surface area contributed by atoms with Crippen molar-refractivity contribution in [3.63, 3.8) is 0 Å². The topological polar surface area (TPSA) is 76.0 Å². The summed E-state index contributed by atoms with van der Waals surface area (Å²) in [4.78, 5) is 26.2. The first-order chi connectivity index (χ1) is 6.18. The van der Waals surface area contributed by atoms with Crippen LogP contribution in [0, 0.1) is 0 Å². The molecule has 0 radical (unpaired) electrons.